The van der Waals surface area contributed by atoms with Gasteiger partial charge in [-0.3, -0.25) is 4.79 Å². The maximum atomic E-state index is 12.2. The van der Waals surface area contributed by atoms with Crippen LogP contribution in [0.2, 0.25) is 0 Å². The Bertz CT molecular complexity index is 681. The summed E-state index contributed by atoms with van der Waals surface area (Å²) >= 11 is 1.77. The highest BCUT2D eigenvalue weighted by Crippen LogP contribution is 2.18. The lowest BCUT2D eigenvalue weighted by molar-refractivity contribution is -0.116. The van der Waals surface area contributed by atoms with Crippen LogP contribution in [-0.2, 0) is 17.6 Å². The molecule has 0 saturated heterocycles. The number of nitrogens with one attached hydrogen (secondary N) is 2. The van der Waals surface area contributed by atoms with E-state index < -0.39 is 0 Å². The van der Waals surface area contributed by atoms with Gasteiger partial charge in [-0.1, -0.05) is 19.1 Å². The fraction of sp³-hybridized carbons (Fsp3) is 0.474. The van der Waals surface area contributed by atoms with Crippen molar-refractivity contribution in [3.8, 4) is 0 Å². The summed E-state index contributed by atoms with van der Waals surface area (Å²) in [6, 6.07) is 6.11. The molecule has 0 aliphatic heterocycles. The molecule has 2 rings (SSSR count). The summed E-state index contributed by atoms with van der Waals surface area (Å²) in [6.45, 7) is 9.12. The van der Waals surface area contributed by atoms with Crippen LogP contribution in [0, 0.1) is 13.8 Å². The lowest BCUT2D eigenvalue weighted by Crippen LogP contribution is -2.32. The first-order valence-corrected chi connectivity index (χ1v) is 9.34. The second-order valence-electron chi connectivity index (χ2n) is 6.18. The Morgan fingerprint density at radius 2 is 2.12 bits per heavy atom. The molecule has 0 fully saturated rings. The van der Waals surface area contributed by atoms with Crippen molar-refractivity contribution < 1.29 is 4.79 Å². The van der Waals surface area contributed by atoms with E-state index in [1.807, 2.05) is 32.2 Å². The summed E-state index contributed by atoms with van der Waals surface area (Å²) in [5.41, 5.74) is 3.22. The van der Waals surface area contributed by atoms with Crippen LogP contribution in [0.1, 0.15) is 41.3 Å². The molecule has 1 aromatic carbocycles. The number of nitrogens with zero attached hydrogens (tertiary/aromatic N) is 1. The molecule has 0 radical (unpaired) electrons. The second-order valence-corrected chi connectivity index (χ2v) is 7.38. The molecule has 0 spiro atoms. The fourth-order valence-corrected chi connectivity index (χ4v) is 3.35. The van der Waals surface area contributed by atoms with Crippen molar-refractivity contribution in [3.05, 3.63) is 45.4 Å². The highest BCUT2D eigenvalue weighted by Gasteiger charge is 2.11. The van der Waals surface area contributed by atoms with E-state index in [-0.39, 0.29) is 11.9 Å². The van der Waals surface area contributed by atoms with Crippen LogP contribution in [0.5, 0.6) is 0 Å². The topological polar surface area (TPSA) is 54.0 Å². The predicted molar refractivity (Wildman–Crippen MR) is 102 cm³/mol. The van der Waals surface area contributed by atoms with E-state index in [9.17, 15) is 4.79 Å². The summed E-state index contributed by atoms with van der Waals surface area (Å²) in [4.78, 5) is 17.9. The van der Waals surface area contributed by atoms with Gasteiger partial charge < -0.3 is 10.6 Å². The molecule has 5 heteroatoms. The van der Waals surface area contributed by atoms with E-state index in [1.54, 1.807) is 11.3 Å². The van der Waals surface area contributed by atoms with Crippen LogP contribution in [0.15, 0.2) is 24.4 Å². The van der Waals surface area contributed by atoms with E-state index >= 15 is 0 Å². The van der Waals surface area contributed by atoms with Gasteiger partial charge in [-0.2, -0.15) is 0 Å². The van der Waals surface area contributed by atoms with Gasteiger partial charge in [0.2, 0.25) is 5.91 Å². The molecule has 0 aliphatic carbocycles. The lowest BCUT2D eigenvalue weighted by atomic mass is 10.1. The molecule has 2 aromatic rings. The van der Waals surface area contributed by atoms with Crippen molar-refractivity contribution in [3.63, 3.8) is 0 Å². The van der Waals surface area contributed by atoms with Crippen molar-refractivity contribution >= 4 is 22.9 Å². The van der Waals surface area contributed by atoms with Gasteiger partial charge in [-0.25, -0.2) is 4.98 Å². The number of anilines is 1. The Kier molecular flexibility index (Phi) is 6.94. The van der Waals surface area contributed by atoms with Crippen LogP contribution in [0.4, 0.5) is 5.69 Å². The number of carbonyl (C=O) groups excluding carboxylic acids is 1. The standard InChI is InChI=1S/C19H27N3OS/c1-5-16-12-21-19(24-16)9-10-20-14(3)11-18(23)22-17-8-6-7-13(2)15(17)4/h6-8,12,14,20H,5,9-11H2,1-4H3,(H,22,23)/t14-/m0/s1. The zero-order chi connectivity index (χ0) is 17.5. The molecule has 0 aliphatic rings. The van der Waals surface area contributed by atoms with Crippen molar-refractivity contribution in [2.24, 2.45) is 0 Å². The summed E-state index contributed by atoms with van der Waals surface area (Å²) in [6.07, 6.45) is 4.38. The van der Waals surface area contributed by atoms with Crippen molar-refractivity contribution in [2.75, 3.05) is 11.9 Å². The van der Waals surface area contributed by atoms with E-state index in [2.05, 4.69) is 35.5 Å². The number of aryl methyl sites for hydroxylation is 2. The first-order valence-electron chi connectivity index (χ1n) is 8.52. The molecule has 1 heterocycles. The van der Waals surface area contributed by atoms with Crippen LogP contribution < -0.4 is 10.6 Å². The van der Waals surface area contributed by atoms with Crippen molar-refractivity contribution in [2.45, 2.75) is 53.0 Å². The van der Waals surface area contributed by atoms with Gasteiger partial charge in [0.15, 0.2) is 0 Å². The van der Waals surface area contributed by atoms with Gasteiger partial charge in [0.05, 0.1) is 5.01 Å². The number of carbonyl (C=O) groups is 1. The highest BCUT2D eigenvalue weighted by atomic mass is 32.1. The molecule has 0 bridgehead atoms. The molecule has 130 valence electrons. The quantitative estimate of drug-likeness (QED) is 0.763. The van der Waals surface area contributed by atoms with Crippen LogP contribution in [0.25, 0.3) is 0 Å². The smallest absolute Gasteiger partial charge is 0.225 e. The molecule has 4 nitrogen and oxygen atoms in total. The zero-order valence-corrected chi connectivity index (χ0v) is 15.8. The number of hydrogen-bond donors (Lipinski definition) is 2. The molecule has 1 amide bonds. The Balaban J connectivity index is 1.74. The first kappa shape index (κ1) is 18.6. The zero-order valence-electron chi connectivity index (χ0n) is 15.0. The number of hydrogen-bond acceptors (Lipinski definition) is 4. The number of amides is 1. The molecule has 1 atom stereocenters. The fourth-order valence-electron chi connectivity index (χ4n) is 2.49. The van der Waals surface area contributed by atoms with Crippen LogP contribution in [-0.4, -0.2) is 23.5 Å². The normalized spacial score (nSPS) is 12.2. The number of thiazole rings is 1. The average molecular weight is 346 g/mol. The SMILES string of the molecule is CCc1cnc(CCN[C@@H](C)CC(=O)Nc2cccc(C)c2C)s1. The maximum Gasteiger partial charge on any atom is 0.225 e. The Morgan fingerprint density at radius 3 is 2.83 bits per heavy atom. The molecular formula is C19H27N3OS. The van der Waals surface area contributed by atoms with Gasteiger partial charge in [0.1, 0.15) is 0 Å². The summed E-state index contributed by atoms with van der Waals surface area (Å²) in [5.74, 6) is 0.0474. The molecule has 24 heavy (non-hydrogen) atoms. The summed E-state index contributed by atoms with van der Waals surface area (Å²) < 4.78 is 0. The van der Waals surface area contributed by atoms with E-state index in [1.165, 1.54) is 10.4 Å². The van der Waals surface area contributed by atoms with Gasteiger partial charge in [-0.05, 0) is 44.4 Å². The minimum absolute atomic E-state index is 0.0474. The summed E-state index contributed by atoms with van der Waals surface area (Å²) in [5, 5.41) is 7.58. The van der Waals surface area contributed by atoms with Crippen LogP contribution in [0.3, 0.4) is 0 Å². The molecule has 2 N–H and O–H groups in total. The third kappa shape index (κ3) is 5.42. The van der Waals surface area contributed by atoms with E-state index in [4.69, 9.17) is 0 Å². The van der Waals surface area contributed by atoms with Crippen molar-refractivity contribution in [1.29, 1.82) is 0 Å². The third-order valence-corrected chi connectivity index (χ3v) is 5.35. The van der Waals surface area contributed by atoms with Gasteiger partial charge in [-0.15, -0.1) is 11.3 Å². The molecule has 1 aromatic heterocycles. The Labute approximate surface area is 148 Å². The van der Waals surface area contributed by atoms with Gasteiger partial charge >= 0.3 is 0 Å². The van der Waals surface area contributed by atoms with Gasteiger partial charge in [0, 0.05) is 42.2 Å². The number of rotatable bonds is 8. The molecule has 0 saturated carbocycles. The largest absolute Gasteiger partial charge is 0.326 e. The van der Waals surface area contributed by atoms with E-state index in [0.717, 1.165) is 35.6 Å². The van der Waals surface area contributed by atoms with Crippen molar-refractivity contribution in [1.82, 2.24) is 10.3 Å². The monoisotopic (exact) mass is 345 g/mol. The first-order chi connectivity index (χ1) is 11.5. The number of benzene rings is 1. The third-order valence-electron chi connectivity index (χ3n) is 4.15. The van der Waals surface area contributed by atoms with E-state index in [0.29, 0.717) is 6.42 Å². The molecule has 0 unspecified atom stereocenters. The van der Waals surface area contributed by atoms with Gasteiger partial charge in [0.25, 0.3) is 0 Å². The lowest BCUT2D eigenvalue weighted by Gasteiger charge is -2.15. The van der Waals surface area contributed by atoms with Crippen LogP contribution >= 0.6 is 11.3 Å². The Morgan fingerprint density at radius 1 is 1.33 bits per heavy atom. The Hall–Kier alpha value is -1.72. The minimum Gasteiger partial charge on any atom is -0.326 e. The maximum absolute atomic E-state index is 12.2. The minimum atomic E-state index is 0.0474. The molecular weight excluding hydrogens is 318 g/mol. The predicted octanol–water partition coefficient (Wildman–Crippen LogP) is 3.87. The average Bonchev–Trinajstić information content (AvgIpc) is 2.99. The number of aromatic nitrogens is 1. The summed E-state index contributed by atoms with van der Waals surface area (Å²) in [7, 11) is 0. The highest BCUT2D eigenvalue weighted by molar-refractivity contribution is 7.11. The second kappa shape index (κ2) is 8.94.